The fourth-order valence-corrected chi connectivity index (χ4v) is 1.82. The molecular weight excluding hydrogens is 212 g/mol. The lowest BCUT2D eigenvalue weighted by molar-refractivity contribution is -0.137. The van der Waals surface area contributed by atoms with Crippen molar-refractivity contribution in [3.05, 3.63) is 24.3 Å². The van der Waals surface area contributed by atoms with Crippen molar-refractivity contribution in [1.29, 1.82) is 0 Å². The summed E-state index contributed by atoms with van der Waals surface area (Å²) in [5.74, 6) is -0.699. The molecule has 0 rings (SSSR count). The lowest BCUT2D eigenvalue weighted by Crippen LogP contribution is -2.12. The van der Waals surface area contributed by atoms with Gasteiger partial charge >= 0.3 is 5.97 Å². The monoisotopic (exact) mass is 238 g/mol. The molecule has 0 aliphatic heterocycles. The number of rotatable bonds is 9. The molecular formula is C15H26O2. The molecule has 0 aromatic rings. The number of hydrogen-bond donors (Lipinski definition) is 1. The summed E-state index contributed by atoms with van der Waals surface area (Å²) in [4.78, 5) is 10.4. The smallest absolute Gasteiger partial charge is 0.303 e. The van der Waals surface area contributed by atoms with Crippen LogP contribution >= 0.6 is 0 Å². The van der Waals surface area contributed by atoms with Crippen LogP contribution in [0, 0.1) is 5.41 Å². The van der Waals surface area contributed by atoms with Gasteiger partial charge in [-0.15, -0.1) is 6.58 Å². The highest BCUT2D eigenvalue weighted by Crippen LogP contribution is 2.31. The second-order valence-corrected chi connectivity index (χ2v) is 5.28. The van der Waals surface area contributed by atoms with Gasteiger partial charge in [0.25, 0.3) is 0 Å². The number of carboxylic acids is 1. The fourth-order valence-electron chi connectivity index (χ4n) is 1.82. The van der Waals surface area contributed by atoms with Crippen molar-refractivity contribution in [2.75, 3.05) is 0 Å². The van der Waals surface area contributed by atoms with E-state index in [-0.39, 0.29) is 11.8 Å². The van der Waals surface area contributed by atoms with Crippen molar-refractivity contribution >= 4 is 5.97 Å². The Kier molecular flexibility index (Phi) is 7.60. The lowest BCUT2D eigenvalue weighted by Gasteiger charge is -2.25. The summed E-state index contributed by atoms with van der Waals surface area (Å²) >= 11 is 0. The average Bonchev–Trinajstić information content (AvgIpc) is 2.24. The third-order valence-corrected chi connectivity index (χ3v) is 3.15. The van der Waals surface area contributed by atoms with Gasteiger partial charge in [0.05, 0.1) is 0 Å². The van der Waals surface area contributed by atoms with Crippen LogP contribution in [0.5, 0.6) is 0 Å². The molecule has 0 aliphatic rings. The minimum Gasteiger partial charge on any atom is -0.481 e. The molecule has 0 bridgehead atoms. The summed E-state index contributed by atoms with van der Waals surface area (Å²) in [5, 5.41) is 8.57. The van der Waals surface area contributed by atoms with Crippen molar-refractivity contribution in [3.8, 4) is 0 Å². The summed E-state index contributed by atoms with van der Waals surface area (Å²) in [6.45, 7) is 10.3. The van der Waals surface area contributed by atoms with E-state index < -0.39 is 5.97 Å². The van der Waals surface area contributed by atoms with E-state index in [0.29, 0.717) is 0 Å². The molecule has 0 heterocycles. The summed E-state index contributed by atoms with van der Waals surface area (Å²) in [7, 11) is 0. The molecule has 0 saturated heterocycles. The van der Waals surface area contributed by atoms with Crippen LogP contribution < -0.4 is 0 Å². The van der Waals surface area contributed by atoms with Gasteiger partial charge in [0.1, 0.15) is 0 Å². The first-order valence-electron chi connectivity index (χ1n) is 6.38. The molecule has 0 fully saturated rings. The number of carbonyl (C=O) groups is 1. The largest absolute Gasteiger partial charge is 0.481 e. The van der Waals surface area contributed by atoms with E-state index in [4.69, 9.17) is 5.11 Å². The molecule has 0 aliphatic carbocycles. The maximum absolute atomic E-state index is 10.4. The Hall–Kier alpha value is -1.05. The predicted octanol–water partition coefficient (Wildman–Crippen LogP) is 4.57. The number of carboxylic acid groups (broad SMARTS) is 1. The van der Waals surface area contributed by atoms with Crippen molar-refractivity contribution in [2.24, 2.45) is 5.41 Å². The highest BCUT2D eigenvalue weighted by molar-refractivity contribution is 5.66. The molecule has 0 aromatic heterocycles. The van der Waals surface area contributed by atoms with E-state index in [0.717, 1.165) is 32.1 Å². The van der Waals surface area contributed by atoms with E-state index in [9.17, 15) is 4.79 Å². The summed E-state index contributed by atoms with van der Waals surface area (Å²) in [6, 6.07) is 0. The lowest BCUT2D eigenvalue weighted by atomic mass is 9.80. The Morgan fingerprint density at radius 1 is 1.29 bits per heavy atom. The van der Waals surface area contributed by atoms with Crippen LogP contribution in [0.3, 0.4) is 0 Å². The van der Waals surface area contributed by atoms with E-state index in [1.165, 1.54) is 5.57 Å². The zero-order chi connectivity index (χ0) is 13.3. The molecule has 0 spiro atoms. The van der Waals surface area contributed by atoms with Gasteiger partial charge in [-0.2, -0.15) is 0 Å². The van der Waals surface area contributed by atoms with Gasteiger partial charge < -0.3 is 5.11 Å². The van der Waals surface area contributed by atoms with Crippen molar-refractivity contribution in [3.63, 3.8) is 0 Å². The van der Waals surface area contributed by atoms with Gasteiger partial charge in [0.15, 0.2) is 0 Å². The van der Waals surface area contributed by atoms with Crippen LogP contribution in [0.25, 0.3) is 0 Å². The van der Waals surface area contributed by atoms with Crippen molar-refractivity contribution in [2.45, 2.75) is 59.3 Å². The molecule has 0 radical (unpaired) electrons. The van der Waals surface area contributed by atoms with Gasteiger partial charge in [-0.1, -0.05) is 31.1 Å². The van der Waals surface area contributed by atoms with Crippen LogP contribution in [0.15, 0.2) is 24.3 Å². The Balaban J connectivity index is 3.97. The highest BCUT2D eigenvalue weighted by atomic mass is 16.4. The molecule has 0 amide bonds. The van der Waals surface area contributed by atoms with E-state index in [1.54, 1.807) is 0 Å². The summed E-state index contributed by atoms with van der Waals surface area (Å²) < 4.78 is 0. The van der Waals surface area contributed by atoms with E-state index >= 15 is 0 Å². The average molecular weight is 238 g/mol. The molecule has 2 nitrogen and oxygen atoms in total. The van der Waals surface area contributed by atoms with E-state index in [2.05, 4.69) is 33.4 Å². The Bertz CT molecular complexity index is 275. The van der Waals surface area contributed by atoms with Crippen LogP contribution in [0.1, 0.15) is 59.3 Å². The number of allylic oxidation sites excluding steroid dienone is 3. The van der Waals surface area contributed by atoms with Gasteiger partial charge in [0, 0.05) is 6.42 Å². The molecule has 1 unspecified atom stereocenters. The topological polar surface area (TPSA) is 37.3 Å². The maximum atomic E-state index is 10.4. The fraction of sp³-hybridized carbons (Fsp3) is 0.667. The zero-order valence-electron chi connectivity index (χ0n) is 11.5. The SMILES string of the molecule is C=CC(C)(CCC=C(C)C)CCCCC(=O)O. The molecule has 98 valence electrons. The summed E-state index contributed by atoms with van der Waals surface area (Å²) in [5.41, 5.74) is 1.49. The zero-order valence-corrected chi connectivity index (χ0v) is 11.5. The number of hydrogen-bond acceptors (Lipinski definition) is 1. The van der Waals surface area contributed by atoms with E-state index in [1.807, 2.05) is 6.08 Å². The Morgan fingerprint density at radius 2 is 1.94 bits per heavy atom. The van der Waals surface area contributed by atoms with Gasteiger partial charge in [-0.05, 0) is 44.9 Å². The molecule has 2 heteroatoms. The van der Waals surface area contributed by atoms with Gasteiger partial charge in [-0.3, -0.25) is 4.79 Å². The second kappa shape index (κ2) is 8.10. The first-order valence-corrected chi connectivity index (χ1v) is 6.38. The normalized spacial score (nSPS) is 13.8. The van der Waals surface area contributed by atoms with Crippen molar-refractivity contribution in [1.82, 2.24) is 0 Å². The first kappa shape index (κ1) is 16.0. The van der Waals surface area contributed by atoms with Crippen LogP contribution in [0.2, 0.25) is 0 Å². The molecule has 0 aromatic carbocycles. The molecule has 1 N–H and O–H groups in total. The van der Waals surface area contributed by atoms with Crippen LogP contribution in [-0.2, 0) is 4.79 Å². The third-order valence-electron chi connectivity index (χ3n) is 3.15. The minimum absolute atomic E-state index is 0.143. The Morgan fingerprint density at radius 3 is 2.41 bits per heavy atom. The van der Waals surface area contributed by atoms with Gasteiger partial charge in [-0.25, -0.2) is 0 Å². The molecule has 1 atom stereocenters. The minimum atomic E-state index is -0.699. The highest BCUT2D eigenvalue weighted by Gasteiger charge is 2.18. The molecule has 0 saturated carbocycles. The summed E-state index contributed by atoms with van der Waals surface area (Å²) in [6.07, 6.45) is 9.47. The number of unbranched alkanes of at least 4 members (excludes halogenated alkanes) is 1. The third kappa shape index (κ3) is 8.73. The van der Waals surface area contributed by atoms with Crippen LogP contribution in [0.4, 0.5) is 0 Å². The predicted molar refractivity (Wildman–Crippen MR) is 73.1 cm³/mol. The number of aliphatic carboxylic acids is 1. The Labute approximate surface area is 105 Å². The quantitative estimate of drug-likeness (QED) is 0.472. The van der Waals surface area contributed by atoms with Gasteiger partial charge in [0.2, 0.25) is 0 Å². The molecule has 17 heavy (non-hydrogen) atoms. The standard InChI is InChI=1S/C15H26O2/c1-5-15(4,12-8-9-13(2)3)11-7-6-10-14(16)17/h5,9H,1,6-8,10-12H2,2-4H3,(H,16,17). The van der Waals surface area contributed by atoms with Crippen molar-refractivity contribution < 1.29 is 9.90 Å². The van der Waals surface area contributed by atoms with Crippen LogP contribution in [-0.4, -0.2) is 11.1 Å². The first-order chi connectivity index (χ1) is 7.89. The second-order valence-electron chi connectivity index (χ2n) is 5.28. The maximum Gasteiger partial charge on any atom is 0.303 e.